The number of aliphatic carboxylic acids is 1. The molecule has 4 nitrogen and oxygen atoms in total. The molecule has 0 heterocycles. The van der Waals surface area contributed by atoms with Crippen molar-refractivity contribution in [3.05, 3.63) is 29.8 Å². The maximum atomic E-state index is 11.7. The minimum atomic E-state index is -0.680. The number of carboxylic acids is 1. The lowest BCUT2D eigenvalue weighted by Gasteiger charge is -2.48. The first-order valence-electron chi connectivity index (χ1n) is 8.89. The molecular weight excluding hydrogens is 338 g/mol. The van der Waals surface area contributed by atoms with Gasteiger partial charge in [0.25, 0.3) is 0 Å². The van der Waals surface area contributed by atoms with E-state index in [1.807, 2.05) is 12.1 Å². The van der Waals surface area contributed by atoms with Crippen molar-refractivity contribution in [2.24, 2.45) is 11.3 Å². The Morgan fingerprint density at radius 1 is 1.32 bits per heavy atom. The number of carbonyl (C=O) groups is 1. The Hall–Kier alpha value is -1.26. The molecule has 1 aromatic rings. The Bertz CT molecular complexity index is 546. The van der Waals surface area contributed by atoms with Crippen LogP contribution in [0.5, 0.6) is 5.75 Å². The van der Waals surface area contributed by atoms with Crippen molar-refractivity contribution in [1.29, 1.82) is 0 Å². The van der Waals surface area contributed by atoms with E-state index in [0.29, 0.717) is 11.8 Å². The van der Waals surface area contributed by atoms with Crippen molar-refractivity contribution in [3.63, 3.8) is 0 Å². The van der Waals surface area contributed by atoms with E-state index < -0.39 is 5.97 Å². The number of benzene rings is 1. The molecule has 1 N–H and O–H groups in total. The number of halogens is 1. The van der Waals surface area contributed by atoms with E-state index in [1.54, 1.807) is 7.11 Å². The molecule has 25 heavy (non-hydrogen) atoms. The average molecular weight is 370 g/mol. The first-order valence-corrected chi connectivity index (χ1v) is 8.89. The molecular formula is C20H32ClNO3. The molecule has 1 aliphatic carbocycles. The summed E-state index contributed by atoms with van der Waals surface area (Å²) in [4.78, 5) is 13.9. The molecule has 0 bridgehead atoms. The fourth-order valence-electron chi connectivity index (χ4n) is 4.59. The Morgan fingerprint density at radius 2 is 1.96 bits per heavy atom. The first kappa shape index (κ1) is 21.8. The molecule has 0 spiro atoms. The topological polar surface area (TPSA) is 49.8 Å². The van der Waals surface area contributed by atoms with Gasteiger partial charge in [0.2, 0.25) is 0 Å². The van der Waals surface area contributed by atoms with Gasteiger partial charge in [-0.05, 0) is 61.9 Å². The molecule has 0 aliphatic heterocycles. The molecule has 3 atom stereocenters. The van der Waals surface area contributed by atoms with E-state index in [2.05, 4.69) is 38.1 Å². The summed E-state index contributed by atoms with van der Waals surface area (Å²) in [7, 11) is 5.80. The van der Waals surface area contributed by atoms with Crippen molar-refractivity contribution in [3.8, 4) is 5.75 Å². The normalized spacial score (nSPS) is 24.4. The van der Waals surface area contributed by atoms with Gasteiger partial charge in [0.15, 0.2) is 0 Å². The van der Waals surface area contributed by atoms with Crippen molar-refractivity contribution < 1.29 is 14.6 Å². The van der Waals surface area contributed by atoms with Crippen LogP contribution in [-0.4, -0.2) is 43.7 Å². The smallest absolute Gasteiger partial charge is 0.303 e. The predicted molar refractivity (Wildman–Crippen MR) is 104 cm³/mol. The standard InChI is InChI=1S/C20H31NO3.ClH/c1-15(14-21(2)3)20(13-19(22)23)12-6-5-7-18(20)16-8-10-17(24-4)11-9-16;/h8-11,15,18H,5-7,12-14H2,1-4H3,(H,22,23);1H. The molecule has 0 aromatic heterocycles. The summed E-state index contributed by atoms with van der Waals surface area (Å²) in [6.45, 7) is 3.14. The first-order chi connectivity index (χ1) is 11.4. The van der Waals surface area contributed by atoms with E-state index in [1.165, 1.54) is 12.0 Å². The lowest BCUT2D eigenvalue weighted by molar-refractivity contribution is -0.142. The van der Waals surface area contributed by atoms with Crippen molar-refractivity contribution in [2.75, 3.05) is 27.7 Å². The molecule has 1 saturated carbocycles. The number of ether oxygens (including phenoxy) is 1. The summed E-state index contributed by atoms with van der Waals surface area (Å²) in [5.41, 5.74) is 1.07. The maximum absolute atomic E-state index is 11.7. The zero-order valence-corrected chi connectivity index (χ0v) is 16.6. The van der Waals surface area contributed by atoms with E-state index in [-0.39, 0.29) is 24.2 Å². The van der Waals surface area contributed by atoms with Crippen LogP contribution < -0.4 is 4.74 Å². The summed E-state index contributed by atoms with van der Waals surface area (Å²) < 4.78 is 5.27. The van der Waals surface area contributed by atoms with Crippen LogP contribution in [0.15, 0.2) is 24.3 Å². The molecule has 142 valence electrons. The van der Waals surface area contributed by atoms with Gasteiger partial charge >= 0.3 is 5.97 Å². The Balaban J connectivity index is 0.00000312. The number of methoxy groups -OCH3 is 1. The van der Waals surface area contributed by atoms with E-state index >= 15 is 0 Å². The monoisotopic (exact) mass is 369 g/mol. The van der Waals surface area contributed by atoms with Gasteiger partial charge in [0, 0.05) is 6.54 Å². The molecule has 3 unspecified atom stereocenters. The highest BCUT2D eigenvalue weighted by Crippen LogP contribution is 2.54. The Labute approximate surface area is 158 Å². The van der Waals surface area contributed by atoms with Gasteiger partial charge in [-0.25, -0.2) is 0 Å². The molecule has 1 aromatic carbocycles. The SMILES string of the molecule is COc1ccc(C2CCCCC2(CC(=O)O)C(C)CN(C)C)cc1.Cl. The van der Waals surface area contributed by atoms with E-state index in [4.69, 9.17) is 4.74 Å². The van der Waals surface area contributed by atoms with Crippen LogP contribution in [0.1, 0.15) is 50.5 Å². The second-order valence-electron chi connectivity index (χ2n) is 7.54. The number of carboxylic acid groups (broad SMARTS) is 1. The lowest BCUT2D eigenvalue weighted by Crippen LogP contribution is -2.43. The van der Waals surface area contributed by atoms with Gasteiger partial charge in [0.1, 0.15) is 5.75 Å². The number of hydrogen-bond acceptors (Lipinski definition) is 3. The van der Waals surface area contributed by atoms with Gasteiger partial charge < -0.3 is 14.7 Å². The fourth-order valence-corrected chi connectivity index (χ4v) is 4.59. The van der Waals surface area contributed by atoms with Crippen LogP contribution in [-0.2, 0) is 4.79 Å². The van der Waals surface area contributed by atoms with Gasteiger partial charge in [-0.2, -0.15) is 0 Å². The fraction of sp³-hybridized carbons (Fsp3) is 0.650. The summed E-state index contributed by atoms with van der Waals surface area (Å²) in [6, 6.07) is 8.22. The van der Waals surface area contributed by atoms with Crippen LogP contribution in [0.4, 0.5) is 0 Å². The molecule has 0 saturated heterocycles. The van der Waals surface area contributed by atoms with Crippen LogP contribution >= 0.6 is 12.4 Å². The van der Waals surface area contributed by atoms with E-state index in [9.17, 15) is 9.90 Å². The largest absolute Gasteiger partial charge is 0.497 e. The summed E-state index contributed by atoms with van der Waals surface area (Å²) >= 11 is 0. The molecule has 1 aliphatic rings. The number of hydrogen-bond donors (Lipinski definition) is 1. The quantitative estimate of drug-likeness (QED) is 0.772. The third kappa shape index (κ3) is 5.11. The predicted octanol–water partition coefficient (Wildman–Crippen LogP) is 4.43. The van der Waals surface area contributed by atoms with Crippen LogP contribution in [0, 0.1) is 11.3 Å². The molecule has 0 amide bonds. The van der Waals surface area contributed by atoms with Gasteiger partial charge in [-0.1, -0.05) is 31.9 Å². The molecule has 0 radical (unpaired) electrons. The van der Waals surface area contributed by atoms with Gasteiger partial charge in [0.05, 0.1) is 13.5 Å². The molecule has 1 fully saturated rings. The highest BCUT2D eigenvalue weighted by molar-refractivity contribution is 5.85. The van der Waals surface area contributed by atoms with Crippen LogP contribution in [0.3, 0.4) is 0 Å². The second kappa shape index (κ2) is 9.44. The third-order valence-corrected chi connectivity index (χ3v) is 5.70. The maximum Gasteiger partial charge on any atom is 0.303 e. The summed E-state index contributed by atoms with van der Waals surface area (Å²) in [5, 5.41) is 9.63. The van der Waals surface area contributed by atoms with E-state index in [0.717, 1.165) is 31.6 Å². The Kier molecular flexibility index (Phi) is 8.23. The molecule has 5 heteroatoms. The third-order valence-electron chi connectivity index (χ3n) is 5.70. The molecule has 2 rings (SSSR count). The number of rotatable bonds is 7. The Morgan fingerprint density at radius 3 is 2.48 bits per heavy atom. The average Bonchev–Trinajstić information content (AvgIpc) is 2.54. The van der Waals surface area contributed by atoms with Gasteiger partial charge in [-0.15, -0.1) is 12.4 Å². The highest BCUT2D eigenvalue weighted by atomic mass is 35.5. The zero-order valence-electron chi connectivity index (χ0n) is 15.8. The zero-order chi connectivity index (χ0) is 17.7. The lowest BCUT2D eigenvalue weighted by atomic mass is 9.56. The minimum Gasteiger partial charge on any atom is -0.497 e. The second-order valence-corrected chi connectivity index (χ2v) is 7.54. The number of nitrogens with zero attached hydrogens (tertiary/aromatic N) is 1. The van der Waals surface area contributed by atoms with Gasteiger partial charge in [-0.3, -0.25) is 4.79 Å². The summed E-state index contributed by atoms with van der Waals surface area (Å²) in [5.74, 6) is 0.792. The summed E-state index contributed by atoms with van der Waals surface area (Å²) in [6.07, 6.45) is 4.60. The van der Waals surface area contributed by atoms with Crippen molar-refractivity contribution in [2.45, 2.75) is 44.9 Å². The highest BCUT2D eigenvalue weighted by Gasteiger charge is 2.46. The van der Waals surface area contributed by atoms with Crippen molar-refractivity contribution in [1.82, 2.24) is 4.90 Å². The van der Waals surface area contributed by atoms with Crippen LogP contribution in [0.25, 0.3) is 0 Å². The van der Waals surface area contributed by atoms with Crippen LogP contribution in [0.2, 0.25) is 0 Å². The van der Waals surface area contributed by atoms with Crippen molar-refractivity contribution >= 4 is 18.4 Å². The minimum absolute atomic E-state index is 0.